The quantitative estimate of drug-likeness (QED) is 0.0167. The van der Waals surface area contributed by atoms with Crippen LogP contribution in [0.25, 0.3) is 0 Å². The molecule has 0 aromatic heterocycles. The summed E-state index contributed by atoms with van der Waals surface area (Å²) in [6.45, 7) is 39.2. The van der Waals surface area contributed by atoms with Crippen LogP contribution in [0.15, 0.2) is 0 Å². The summed E-state index contributed by atoms with van der Waals surface area (Å²) < 4.78 is 45.2. The van der Waals surface area contributed by atoms with Gasteiger partial charge in [-0.05, 0) is 161 Å². The van der Waals surface area contributed by atoms with Crippen molar-refractivity contribution in [3.05, 3.63) is 0 Å². The zero-order valence-electron chi connectivity index (χ0n) is 57.6. The van der Waals surface area contributed by atoms with E-state index in [9.17, 15) is 30.0 Å². The van der Waals surface area contributed by atoms with Gasteiger partial charge in [0, 0.05) is 39.8 Å². The molecule has 0 bridgehead atoms. The molecule has 5 N–H and O–H groups in total. The van der Waals surface area contributed by atoms with Crippen molar-refractivity contribution >= 4 is 45.2 Å². The molecule has 82 heavy (non-hydrogen) atoms. The maximum absolute atomic E-state index is 10.8. The van der Waals surface area contributed by atoms with Crippen molar-refractivity contribution in [2.75, 3.05) is 108 Å². The number of quaternary nitrogens is 1. The summed E-state index contributed by atoms with van der Waals surface area (Å²) in [5.74, 6) is -0.317. The maximum atomic E-state index is 10.8. The van der Waals surface area contributed by atoms with Crippen LogP contribution in [0.5, 0.6) is 0 Å². The summed E-state index contributed by atoms with van der Waals surface area (Å²) in [6.07, 6.45) is 22.2. The van der Waals surface area contributed by atoms with E-state index in [4.69, 9.17) is 27.2 Å². The van der Waals surface area contributed by atoms with E-state index >= 15 is 0 Å². The summed E-state index contributed by atoms with van der Waals surface area (Å²) in [5.41, 5.74) is 0. The van der Waals surface area contributed by atoms with Crippen molar-refractivity contribution in [3.63, 3.8) is 0 Å². The highest BCUT2D eigenvalue weighted by atomic mass is 28.4. The third-order valence-electron chi connectivity index (χ3n) is 13.4. The van der Waals surface area contributed by atoms with Gasteiger partial charge >= 0.3 is 11.9 Å². The molecule has 0 amide bonds. The Balaban J connectivity index is -0.000000361. The van der Waals surface area contributed by atoms with Crippen LogP contribution in [0.2, 0.25) is 76.6 Å². The molecule has 0 heterocycles. The lowest BCUT2D eigenvalue weighted by Crippen LogP contribution is -2.47. The highest BCUT2D eigenvalue weighted by Crippen LogP contribution is 2.25. The first-order valence-electron chi connectivity index (χ1n) is 32.5. The smallest absolute Gasteiger partial charge is 0.305 e. The molecular formula is C62H141N2O14Si4+. The van der Waals surface area contributed by atoms with Crippen LogP contribution >= 0.6 is 0 Å². The Labute approximate surface area is 511 Å². The van der Waals surface area contributed by atoms with E-state index in [2.05, 4.69) is 95.1 Å². The van der Waals surface area contributed by atoms with Gasteiger partial charge in [-0.15, -0.1) is 0 Å². The minimum atomic E-state index is -1.74. The van der Waals surface area contributed by atoms with Gasteiger partial charge in [0.15, 0.2) is 33.3 Å². The first-order chi connectivity index (χ1) is 38.5. The summed E-state index contributed by atoms with van der Waals surface area (Å²) in [5, 5.41) is 42.1. The second kappa shape index (κ2) is 59.3. The van der Waals surface area contributed by atoms with Crippen LogP contribution < -0.4 is 5.32 Å². The van der Waals surface area contributed by atoms with Crippen molar-refractivity contribution in [2.45, 2.75) is 284 Å². The molecule has 0 aromatic rings. The highest BCUT2D eigenvalue weighted by molar-refractivity contribution is 6.85. The molecule has 498 valence electrons. The molecule has 0 aliphatic carbocycles. The van der Waals surface area contributed by atoms with E-state index in [1.54, 1.807) is 6.92 Å². The lowest BCUT2D eigenvalue weighted by atomic mass is 10.1. The second-order valence-electron chi connectivity index (χ2n) is 25.2. The lowest BCUT2D eigenvalue weighted by Gasteiger charge is -2.34. The number of hydrogen-bond donors (Lipinski definition) is 5. The van der Waals surface area contributed by atoms with Gasteiger partial charge in [0.25, 0.3) is 0 Å². The summed E-state index contributed by atoms with van der Waals surface area (Å²) in [6, 6.07) is 4.33. The minimum Gasteiger partial charge on any atom is -0.469 e. The average molecular weight is 1250 g/mol. The van der Waals surface area contributed by atoms with Gasteiger partial charge in [-0.3, -0.25) is 9.59 Å². The number of aliphatic hydroxyl groups excluding tert-OH is 4. The third-order valence-corrected chi connectivity index (χ3v) is 28.5. The van der Waals surface area contributed by atoms with E-state index in [1.807, 2.05) is 27.8 Å². The third kappa shape index (κ3) is 73.6. The molecule has 4 unspecified atom stereocenters. The van der Waals surface area contributed by atoms with E-state index < -0.39 is 45.5 Å². The van der Waals surface area contributed by atoms with Crippen LogP contribution in [0.4, 0.5) is 0 Å². The van der Waals surface area contributed by atoms with E-state index in [1.165, 1.54) is 98.2 Å². The summed E-state index contributed by atoms with van der Waals surface area (Å²) in [4.78, 5) is 20.4. The minimum absolute atomic E-state index is 0.0713. The molecule has 0 spiro atoms. The Morgan fingerprint density at radius 2 is 0.866 bits per heavy atom. The number of esters is 2. The fraction of sp³-hybridized carbons (Fsp3) is 0.968. The fourth-order valence-electron chi connectivity index (χ4n) is 9.14. The van der Waals surface area contributed by atoms with Gasteiger partial charge in [0.1, 0.15) is 12.6 Å². The predicted molar refractivity (Wildman–Crippen MR) is 355 cm³/mol. The van der Waals surface area contributed by atoms with Crippen LogP contribution in [-0.2, 0) is 46.2 Å². The van der Waals surface area contributed by atoms with Gasteiger partial charge in [0.2, 0.25) is 0 Å². The molecule has 0 rings (SSSR count). The number of likely N-dealkylation sites (N-methyl/N-ethyl adjacent to an activating group) is 1. The monoisotopic (exact) mass is 1250 g/mol. The van der Waals surface area contributed by atoms with Gasteiger partial charge in [-0.25, -0.2) is 0 Å². The topological polar surface area (TPSA) is 201 Å². The Morgan fingerprint density at radius 1 is 0.500 bits per heavy atom. The van der Waals surface area contributed by atoms with Gasteiger partial charge < -0.3 is 66.9 Å². The number of nitrogens with zero attached hydrogens (tertiary/aromatic N) is 1. The van der Waals surface area contributed by atoms with E-state index in [-0.39, 0.29) is 24.1 Å². The van der Waals surface area contributed by atoms with Gasteiger partial charge in [-0.2, -0.15) is 0 Å². The van der Waals surface area contributed by atoms with Gasteiger partial charge in [0.05, 0.1) is 79.6 Å². The number of aliphatic hydroxyl groups is 4. The van der Waals surface area contributed by atoms with Crippen LogP contribution in [0, 0.1) is 0 Å². The molecule has 4 atom stereocenters. The normalized spacial score (nSPS) is 13.4. The largest absolute Gasteiger partial charge is 0.469 e. The molecule has 0 aromatic carbocycles. The number of methoxy groups -OCH3 is 2. The zero-order chi connectivity index (χ0) is 63.8. The molecular weight excluding hydrogens is 1110 g/mol. The number of nitrogens with one attached hydrogen (secondary N) is 1. The Morgan fingerprint density at radius 3 is 1.23 bits per heavy atom. The van der Waals surface area contributed by atoms with Gasteiger partial charge in [-0.1, -0.05) is 98.8 Å². The molecule has 0 saturated heterocycles. The highest BCUT2D eigenvalue weighted by Gasteiger charge is 2.33. The molecule has 0 fully saturated rings. The predicted octanol–water partition coefficient (Wildman–Crippen LogP) is 13.3. The van der Waals surface area contributed by atoms with Crippen molar-refractivity contribution in [1.82, 2.24) is 5.32 Å². The van der Waals surface area contributed by atoms with E-state index in [0.717, 1.165) is 99.7 Å². The van der Waals surface area contributed by atoms with Crippen molar-refractivity contribution in [1.29, 1.82) is 0 Å². The Bertz CT molecular complexity index is 1370. The molecule has 20 heteroatoms. The van der Waals surface area contributed by atoms with Crippen molar-refractivity contribution in [2.24, 2.45) is 0 Å². The SMILES string of the molecule is CC.CCCC(O)COCCC[Si](C)(C)O[Si](C)(C)CCCOCC(O)CC.CCCCCCCCCCCC(=O)OC.CNCCCCCC[N+](C)(C)CC(O)COCCC[Si](C)(C)O[Si](C)(C)CCCOCC(C)O.COC(C)=O. The average Bonchev–Trinajstić information content (AvgIpc) is 3.38. The molecule has 0 saturated carbocycles. The first kappa shape index (κ1) is 90.1. The van der Waals surface area contributed by atoms with E-state index in [0.29, 0.717) is 59.3 Å². The Hall–Kier alpha value is -0.672. The number of carbonyl (C=O) groups excluding carboxylic acids is 2. The van der Waals surface area contributed by atoms with Crippen LogP contribution in [-0.4, -0.2) is 202 Å². The fourth-order valence-corrected chi connectivity index (χ4v) is 26.7. The van der Waals surface area contributed by atoms with Crippen LogP contribution in [0.3, 0.4) is 0 Å². The molecule has 0 aliphatic rings. The lowest BCUT2D eigenvalue weighted by molar-refractivity contribution is -0.893. The first-order valence-corrected chi connectivity index (χ1v) is 45.0. The van der Waals surface area contributed by atoms with Crippen molar-refractivity contribution < 1.29 is 71.1 Å². The zero-order valence-corrected chi connectivity index (χ0v) is 61.6. The standard InChI is InChI=1S/C25H59N2O5Si2.C19H44O5Si2.C13H26O2.C3H6O2.C2H6/c1-24(28)22-30-17-13-19-33(5,6)32-34(7,8)20-14-18-31-23-25(29)21-27(3,4)16-12-10-9-11-15-26-2;1-7-11-19(21)17-23-13-10-15-26(5,6)24-25(3,4)14-9-12-22-16-18(20)8-2;1-3-4-5-6-7-8-9-10-11-12-13(14)15-2;1-3(4)5-2;1-2/h24-26,28-29H,9-23H2,1-8H3;18-21H,7-17H2,1-6H3;3-12H2,1-2H3;1-2H3;1-2H3/q+1;;;;. The molecule has 0 aliphatic heterocycles. The van der Waals surface area contributed by atoms with Crippen LogP contribution in [0.1, 0.15) is 183 Å². The van der Waals surface area contributed by atoms with Crippen molar-refractivity contribution in [3.8, 4) is 0 Å². The molecule has 0 radical (unpaired) electrons. The Kier molecular flexibility index (Phi) is 65.1. The number of ether oxygens (including phenoxy) is 6. The number of unbranched alkanes of at least 4 members (excludes halogenated alkanes) is 11. The number of carbonyl (C=O) groups is 2. The number of rotatable bonds is 50. The number of hydrogen-bond acceptors (Lipinski definition) is 15. The second-order valence-corrected chi connectivity index (χ2v) is 42.9. The molecule has 16 nitrogen and oxygen atoms in total. The maximum Gasteiger partial charge on any atom is 0.305 e. The summed E-state index contributed by atoms with van der Waals surface area (Å²) >= 11 is 0. The summed E-state index contributed by atoms with van der Waals surface area (Å²) in [7, 11) is 2.39.